The van der Waals surface area contributed by atoms with Gasteiger partial charge in [-0.15, -0.1) is 10.2 Å². The number of benzene rings is 2. The highest BCUT2D eigenvalue weighted by molar-refractivity contribution is 5.68. The van der Waals surface area contributed by atoms with Crippen LogP contribution in [0.3, 0.4) is 0 Å². The summed E-state index contributed by atoms with van der Waals surface area (Å²) in [6.07, 6.45) is 4.17. The van der Waals surface area contributed by atoms with Gasteiger partial charge in [-0.25, -0.2) is 0 Å². The molecule has 4 heterocycles. The molecule has 0 radical (unpaired) electrons. The molecule has 6 rings (SSSR count). The highest BCUT2D eigenvalue weighted by Gasteiger charge is 2.40. The molecule has 2 bridgehead atoms. The zero-order valence-electron chi connectivity index (χ0n) is 20.3. The van der Waals surface area contributed by atoms with Crippen LogP contribution in [-0.4, -0.2) is 59.8 Å². The Hall–Kier alpha value is -3.36. The first-order valence-corrected chi connectivity index (χ1v) is 12.9. The van der Waals surface area contributed by atoms with Gasteiger partial charge in [-0.2, -0.15) is 0 Å². The Bertz CT molecular complexity index is 1200. The van der Waals surface area contributed by atoms with E-state index in [1.165, 1.54) is 5.69 Å². The van der Waals surface area contributed by atoms with Crippen LogP contribution < -0.4 is 20.7 Å². The minimum atomic E-state index is 0.189. The summed E-state index contributed by atoms with van der Waals surface area (Å²) in [4.78, 5) is 2.52. The van der Waals surface area contributed by atoms with Gasteiger partial charge < -0.3 is 30.5 Å². The number of ether oxygens (including phenoxy) is 2. The molecular weight excluding hydrogens is 454 g/mol. The van der Waals surface area contributed by atoms with E-state index in [2.05, 4.69) is 44.7 Å². The van der Waals surface area contributed by atoms with Gasteiger partial charge in [0.05, 0.1) is 31.0 Å². The lowest BCUT2D eigenvalue weighted by Crippen LogP contribution is -2.56. The summed E-state index contributed by atoms with van der Waals surface area (Å²) >= 11 is 0. The van der Waals surface area contributed by atoms with E-state index in [4.69, 9.17) is 15.2 Å². The fraction of sp³-hybridized carbons (Fsp3) is 0.429. The summed E-state index contributed by atoms with van der Waals surface area (Å²) in [5.41, 5.74) is 9.84. The number of phenols is 1. The summed E-state index contributed by atoms with van der Waals surface area (Å²) in [7, 11) is 0. The number of rotatable bonds is 5. The van der Waals surface area contributed by atoms with Gasteiger partial charge in [0.25, 0.3) is 0 Å². The number of nitrogens with one attached hydrogen (secondary N) is 1. The van der Waals surface area contributed by atoms with Crippen molar-refractivity contribution in [1.82, 2.24) is 15.5 Å². The van der Waals surface area contributed by atoms with Gasteiger partial charge in [0.15, 0.2) is 0 Å². The molecule has 8 nitrogen and oxygen atoms in total. The predicted molar refractivity (Wildman–Crippen MR) is 139 cm³/mol. The van der Waals surface area contributed by atoms with Crippen molar-refractivity contribution in [1.29, 1.82) is 0 Å². The SMILES string of the molecule is Nc1nnc(-c2ccccc2O)cc1C1C[C@@H]2COC[C@@H](C1)N2c1cccc(OC2CCNCC2)c1. The van der Waals surface area contributed by atoms with E-state index < -0.39 is 0 Å². The Morgan fingerprint density at radius 1 is 0.972 bits per heavy atom. The monoisotopic (exact) mass is 487 g/mol. The molecule has 0 amide bonds. The minimum absolute atomic E-state index is 0.189. The first-order valence-electron chi connectivity index (χ1n) is 12.9. The first kappa shape index (κ1) is 23.1. The summed E-state index contributed by atoms with van der Waals surface area (Å²) in [5, 5.41) is 22.2. The number of nitrogen functional groups attached to an aromatic ring is 1. The van der Waals surface area contributed by atoms with E-state index >= 15 is 0 Å². The number of nitrogens with two attached hydrogens (primary N) is 1. The van der Waals surface area contributed by atoms with Gasteiger partial charge in [-0.1, -0.05) is 18.2 Å². The zero-order valence-corrected chi connectivity index (χ0v) is 20.3. The van der Waals surface area contributed by atoms with E-state index in [1.54, 1.807) is 12.1 Å². The highest BCUT2D eigenvalue weighted by atomic mass is 16.5. The van der Waals surface area contributed by atoms with Crippen molar-refractivity contribution in [3.8, 4) is 22.8 Å². The molecule has 0 spiro atoms. The first-order chi connectivity index (χ1) is 17.7. The number of aromatic hydroxyl groups is 1. The second-order valence-electron chi connectivity index (χ2n) is 10.1. The normalized spacial score (nSPS) is 24.4. The molecule has 8 heteroatoms. The Kier molecular flexibility index (Phi) is 6.37. The number of hydrogen-bond acceptors (Lipinski definition) is 8. The van der Waals surface area contributed by atoms with Crippen LogP contribution in [0.5, 0.6) is 11.5 Å². The molecule has 36 heavy (non-hydrogen) atoms. The topological polar surface area (TPSA) is 106 Å². The van der Waals surface area contributed by atoms with Gasteiger partial charge >= 0.3 is 0 Å². The molecule has 4 N–H and O–H groups in total. The maximum Gasteiger partial charge on any atom is 0.149 e. The fourth-order valence-electron chi connectivity index (χ4n) is 5.98. The lowest BCUT2D eigenvalue weighted by atomic mass is 9.80. The number of morpholine rings is 1. The smallest absolute Gasteiger partial charge is 0.149 e. The van der Waals surface area contributed by atoms with Crippen molar-refractivity contribution in [3.63, 3.8) is 0 Å². The maximum absolute atomic E-state index is 10.3. The van der Waals surface area contributed by atoms with Gasteiger partial charge in [-0.05, 0) is 75.0 Å². The highest BCUT2D eigenvalue weighted by Crippen LogP contribution is 2.43. The Morgan fingerprint density at radius 3 is 2.53 bits per heavy atom. The van der Waals surface area contributed by atoms with Crippen LogP contribution in [-0.2, 0) is 4.74 Å². The zero-order chi connectivity index (χ0) is 24.5. The summed E-state index contributed by atoms with van der Waals surface area (Å²) in [5.74, 6) is 1.84. The van der Waals surface area contributed by atoms with Crippen LogP contribution in [0, 0.1) is 0 Å². The minimum Gasteiger partial charge on any atom is -0.507 e. The number of anilines is 2. The number of aromatic nitrogens is 2. The lowest BCUT2D eigenvalue weighted by Gasteiger charge is -2.50. The van der Waals surface area contributed by atoms with Crippen molar-refractivity contribution in [2.24, 2.45) is 0 Å². The molecule has 0 saturated carbocycles. The van der Waals surface area contributed by atoms with E-state index in [0.717, 1.165) is 50.1 Å². The summed E-state index contributed by atoms with van der Waals surface area (Å²) in [6, 6.07) is 18.2. The van der Waals surface area contributed by atoms with E-state index in [1.807, 2.05) is 18.2 Å². The molecule has 3 aliphatic rings. The molecule has 2 aromatic carbocycles. The second kappa shape index (κ2) is 9.95. The average molecular weight is 488 g/mol. The van der Waals surface area contributed by atoms with Crippen molar-refractivity contribution in [3.05, 3.63) is 60.2 Å². The van der Waals surface area contributed by atoms with Crippen molar-refractivity contribution in [2.45, 2.75) is 49.8 Å². The van der Waals surface area contributed by atoms with Crippen LogP contribution in [0.4, 0.5) is 11.5 Å². The number of phenolic OH excluding ortho intramolecular Hbond substituents is 1. The third-order valence-electron chi connectivity index (χ3n) is 7.70. The molecule has 0 aliphatic carbocycles. The van der Waals surface area contributed by atoms with Gasteiger partial charge in [-0.3, -0.25) is 0 Å². The molecule has 1 aromatic heterocycles. The lowest BCUT2D eigenvalue weighted by molar-refractivity contribution is 0.0407. The van der Waals surface area contributed by atoms with Crippen molar-refractivity contribution >= 4 is 11.5 Å². The Labute approximate surface area is 211 Å². The van der Waals surface area contributed by atoms with Crippen LogP contribution >= 0.6 is 0 Å². The Balaban J connectivity index is 1.24. The third-order valence-corrected chi connectivity index (χ3v) is 7.70. The summed E-state index contributed by atoms with van der Waals surface area (Å²) < 4.78 is 12.3. The molecule has 3 fully saturated rings. The number of nitrogens with zero attached hydrogens (tertiary/aromatic N) is 3. The number of para-hydroxylation sites is 1. The van der Waals surface area contributed by atoms with Crippen LogP contribution in [0.2, 0.25) is 0 Å². The third kappa shape index (κ3) is 4.58. The molecular formula is C28H33N5O3. The summed E-state index contributed by atoms with van der Waals surface area (Å²) in [6.45, 7) is 3.38. The molecule has 3 aliphatic heterocycles. The van der Waals surface area contributed by atoms with Gasteiger partial charge in [0, 0.05) is 22.9 Å². The number of piperidine rings is 2. The Morgan fingerprint density at radius 2 is 1.75 bits per heavy atom. The average Bonchev–Trinajstić information content (AvgIpc) is 2.89. The molecule has 3 saturated heterocycles. The quantitative estimate of drug-likeness (QED) is 0.500. The molecule has 2 atom stereocenters. The number of fused-ring (bicyclic) bond motifs is 2. The number of hydrogen-bond donors (Lipinski definition) is 3. The van der Waals surface area contributed by atoms with E-state index in [0.29, 0.717) is 30.3 Å². The van der Waals surface area contributed by atoms with Gasteiger partial charge in [0.1, 0.15) is 23.4 Å². The van der Waals surface area contributed by atoms with E-state index in [-0.39, 0.29) is 29.9 Å². The van der Waals surface area contributed by atoms with Crippen molar-refractivity contribution < 1.29 is 14.6 Å². The maximum atomic E-state index is 10.3. The fourth-order valence-corrected chi connectivity index (χ4v) is 5.98. The van der Waals surface area contributed by atoms with Crippen LogP contribution in [0.25, 0.3) is 11.3 Å². The van der Waals surface area contributed by atoms with Crippen LogP contribution in [0.1, 0.15) is 37.2 Å². The molecule has 0 unspecified atom stereocenters. The molecule has 188 valence electrons. The van der Waals surface area contributed by atoms with Crippen molar-refractivity contribution in [2.75, 3.05) is 36.9 Å². The van der Waals surface area contributed by atoms with E-state index in [9.17, 15) is 5.11 Å². The second-order valence-corrected chi connectivity index (χ2v) is 10.1. The largest absolute Gasteiger partial charge is 0.507 e. The standard InChI is InChI=1S/C28H33N5O3/c29-28-25(15-26(31-32-28)24-6-1-2-7-27(24)34)18-12-20-16-35-17-21(13-18)33(20)19-4-3-5-23(14-19)36-22-8-10-30-11-9-22/h1-7,14-15,18,20-22,30,34H,8-13,16-17H2,(H2,29,32)/t20-,21-/m1/s1. The predicted octanol–water partition coefficient (Wildman–Crippen LogP) is 3.71. The molecule has 3 aromatic rings. The van der Waals surface area contributed by atoms with Gasteiger partial charge in [0.2, 0.25) is 0 Å². The van der Waals surface area contributed by atoms with Crippen LogP contribution in [0.15, 0.2) is 54.6 Å².